The van der Waals surface area contributed by atoms with Crippen LogP contribution in [0.25, 0.3) is 0 Å². The monoisotopic (exact) mass is 416 g/mol. The molecule has 1 amide bonds. The van der Waals surface area contributed by atoms with Gasteiger partial charge in [0, 0.05) is 42.4 Å². The van der Waals surface area contributed by atoms with Gasteiger partial charge < -0.3 is 18.9 Å². The van der Waals surface area contributed by atoms with Crippen molar-refractivity contribution in [3.8, 4) is 0 Å². The zero-order valence-electron chi connectivity index (χ0n) is 15.9. The number of nitrogens with zero attached hydrogens (tertiary/aromatic N) is 2. The fraction of sp³-hybridized carbons (Fsp3) is 0.588. The van der Waals surface area contributed by atoms with Crippen molar-refractivity contribution in [3.05, 3.63) is 33.9 Å². The number of halogens is 1. The van der Waals surface area contributed by atoms with Gasteiger partial charge in [0.2, 0.25) is 0 Å². The van der Waals surface area contributed by atoms with Crippen molar-refractivity contribution in [2.45, 2.75) is 51.3 Å². The maximum Gasteiger partial charge on any atom is 0.410 e. The maximum absolute atomic E-state index is 15.3. The van der Waals surface area contributed by atoms with E-state index in [1.54, 1.807) is 20.8 Å². The zero-order chi connectivity index (χ0) is 21.1. The molecule has 1 aromatic carbocycles. The van der Waals surface area contributed by atoms with Gasteiger partial charge in [0.1, 0.15) is 11.3 Å². The van der Waals surface area contributed by atoms with Crippen LogP contribution < -0.4 is 4.72 Å². The fourth-order valence-corrected chi connectivity index (χ4v) is 3.30. The summed E-state index contributed by atoms with van der Waals surface area (Å²) < 4.78 is 44.0. The van der Waals surface area contributed by atoms with Crippen LogP contribution in [0.4, 0.5) is 20.6 Å². The van der Waals surface area contributed by atoms with Crippen LogP contribution in [-0.2, 0) is 22.4 Å². The summed E-state index contributed by atoms with van der Waals surface area (Å²) in [6.07, 6.45) is -0.671. The molecule has 11 heteroatoms. The number of rotatable bonds is 5. The van der Waals surface area contributed by atoms with Gasteiger partial charge in [-0.2, -0.15) is 0 Å². The number of anilines is 1. The molecule has 0 bridgehead atoms. The van der Waals surface area contributed by atoms with Crippen LogP contribution in [0, 0.1) is 10.1 Å². The van der Waals surface area contributed by atoms with Crippen molar-refractivity contribution in [2.24, 2.45) is 0 Å². The summed E-state index contributed by atoms with van der Waals surface area (Å²) in [6, 6.07) is 3.75. The number of piperidine rings is 1. The van der Waals surface area contributed by atoms with Crippen molar-refractivity contribution >= 4 is 28.7 Å². The van der Waals surface area contributed by atoms with Gasteiger partial charge in [0.25, 0.3) is 5.69 Å². The highest BCUT2D eigenvalue weighted by Gasteiger charge is 2.38. The number of hydrogen-bond acceptors (Lipinski definition) is 6. The molecule has 1 heterocycles. The van der Waals surface area contributed by atoms with Crippen molar-refractivity contribution in [1.29, 1.82) is 0 Å². The number of alkyl halides is 1. The van der Waals surface area contributed by atoms with Crippen LogP contribution >= 0.6 is 0 Å². The lowest BCUT2D eigenvalue weighted by atomic mass is 9.86. The quantitative estimate of drug-likeness (QED) is 0.447. The molecular formula is C17H23FN3O6S-. The number of amides is 1. The van der Waals surface area contributed by atoms with Gasteiger partial charge >= 0.3 is 6.09 Å². The lowest BCUT2D eigenvalue weighted by molar-refractivity contribution is -0.385. The highest BCUT2D eigenvalue weighted by Crippen LogP contribution is 2.34. The molecule has 1 unspecified atom stereocenters. The molecule has 1 aliphatic rings. The molecule has 1 saturated heterocycles. The Hall–Kier alpha value is -2.27. The summed E-state index contributed by atoms with van der Waals surface area (Å²) in [6.45, 7) is 5.53. The van der Waals surface area contributed by atoms with E-state index in [1.165, 1.54) is 17.0 Å². The summed E-state index contributed by atoms with van der Waals surface area (Å²) >= 11 is -2.62. The van der Waals surface area contributed by atoms with Crippen molar-refractivity contribution in [3.63, 3.8) is 0 Å². The van der Waals surface area contributed by atoms with E-state index in [1.807, 2.05) is 4.72 Å². The molecule has 1 aliphatic heterocycles. The van der Waals surface area contributed by atoms with Gasteiger partial charge in [0.15, 0.2) is 0 Å². The number of carbonyl (C=O) groups excluding carboxylic acids is 1. The van der Waals surface area contributed by atoms with Crippen LogP contribution in [0.5, 0.6) is 0 Å². The molecule has 0 radical (unpaired) electrons. The van der Waals surface area contributed by atoms with Crippen molar-refractivity contribution < 1.29 is 27.6 Å². The van der Waals surface area contributed by atoms with E-state index in [2.05, 4.69) is 0 Å². The summed E-state index contributed by atoms with van der Waals surface area (Å²) in [4.78, 5) is 24.2. The Bertz CT molecular complexity index is 775. The first kappa shape index (κ1) is 22.0. The summed E-state index contributed by atoms with van der Waals surface area (Å²) in [5.74, 6) is 0. The Labute approximate surface area is 164 Å². The van der Waals surface area contributed by atoms with E-state index in [-0.39, 0.29) is 49.3 Å². The first-order valence-electron chi connectivity index (χ1n) is 8.69. The number of nitro benzene ring substituents is 1. The molecule has 1 aromatic rings. The smallest absolute Gasteiger partial charge is 0.410 e. The summed E-state index contributed by atoms with van der Waals surface area (Å²) in [7, 11) is 0. The van der Waals surface area contributed by atoms with E-state index in [4.69, 9.17) is 4.74 Å². The van der Waals surface area contributed by atoms with E-state index in [9.17, 15) is 23.7 Å². The SMILES string of the molecule is CC(C)(C)OC(=O)N1CCC(F)(Cc2ccc(NS(=O)[O-])cc2[N+](=O)[O-])CC1. The standard InChI is InChI=1S/C17H24FN3O6S/c1-16(2,3)27-15(22)20-8-6-17(18,7-9-20)11-12-4-5-13(19-28(25)26)10-14(12)21(23)24/h4-5,10,19H,6-9,11H2,1-3H3,(H,25,26)/p-1. The Morgan fingerprint density at radius 2 is 2.00 bits per heavy atom. The molecule has 0 saturated carbocycles. The largest absolute Gasteiger partial charge is 0.755 e. The number of likely N-dealkylation sites (tertiary alicyclic amines) is 1. The van der Waals surface area contributed by atoms with E-state index >= 15 is 4.39 Å². The number of nitrogens with one attached hydrogen (secondary N) is 1. The number of hydrogen-bond donors (Lipinski definition) is 1. The predicted molar refractivity (Wildman–Crippen MR) is 100 cm³/mol. The molecule has 2 rings (SSSR count). The molecule has 156 valence electrons. The number of ether oxygens (including phenoxy) is 1. The Morgan fingerprint density at radius 1 is 1.39 bits per heavy atom. The van der Waals surface area contributed by atoms with Crippen LogP contribution in [-0.4, -0.2) is 49.0 Å². The van der Waals surface area contributed by atoms with Gasteiger partial charge in [-0.1, -0.05) is 0 Å². The first-order valence-corrected chi connectivity index (χ1v) is 9.76. The lowest BCUT2D eigenvalue weighted by Crippen LogP contribution is -2.47. The molecule has 9 nitrogen and oxygen atoms in total. The molecule has 0 aromatic heterocycles. The highest BCUT2D eigenvalue weighted by atomic mass is 32.2. The van der Waals surface area contributed by atoms with E-state index in [0.29, 0.717) is 0 Å². The molecule has 0 spiro atoms. The van der Waals surface area contributed by atoms with Crippen LogP contribution in [0.1, 0.15) is 39.2 Å². The van der Waals surface area contributed by atoms with Gasteiger partial charge in [0.05, 0.1) is 10.6 Å². The van der Waals surface area contributed by atoms with Crippen LogP contribution in [0.2, 0.25) is 0 Å². The second-order valence-corrected chi connectivity index (χ2v) is 8.41. The zero-order valence-corrected chi connectivity index (χ0v) is 16.7. The minimum absolute atomic E-state index is 0.0218. The topological polar surface area (TPSA) is 125 Å². The van der Waals surface area contributed by atoms with Gasteiger partial charge in [-0.3, -0.25) is 14.3 Å². The third kappa shape index (κ3) is 6.13. The number of nitro groups is 1. The average Bonchev–Trinajstić information content (AvgIpc) is 2.54. The molecular weight excluding hydrogens is 393 g/mol. The maximum atomic E-state index is 15.3. The second-order valence-electron chi connectivity index (χ2n) is 7.73. The van der Waals surface area contributed by atoms with Gasteiger partial charge in [-0.25, -0.2) is 9.18 Å². The Kier molecular flexibility index (Phi) is 6.60. The molecule has 0 aliphatic carbocycles. The molecule has 28 heavy (non-hydrogen) atoms. The number of carbonyl (C=O) groups is 1. The summed E-state index contributed by atoms with van der Waals surface area (Å²) in [5, 5.41) is 11.3. The van der Waals surface area contributed by atoms with Crippen LogP contribution in [0.15, 0.2) is 18.2 Å². The van der Waals surface area contributed by atoms with Crippen molar-refractivity contribution in [2.75, 3.05) is 17.8 Å². The Morgan fingerprint density at radius 3 is 2.50 bits per heavy atom. The minimum atomic E-state index is -2.62. The minimum Gasteiger partial charge on any atom is -0.755 e. The molecule has 1 atom stereocenters. The normalized spacial score (nSPS) is 17.7. The lowest BCUT2D eigenvalue weighted by Gasteiger charge is -2.37. The third-order valence-corrected chi connectivity index (χ3v) is 4.70. The summed E-state index contributed by atoms with van der Waals surface area (Å²) in [5.41, 5.74) is -2.52. The first-order chi connectivity index (χ1) is 12.9. The predicted octanol–water partition coefficient (Wildman–Crippen LogP) is 3.08. The average molecular weight is 416 g/mol. The number of benzene rings is 1. The van der Waals surface area contributed by atoms with Gasteiger partial charge in [-0.05, 0) is 45.7 Å². The van der Waals surface area contributed by atoms with Gasteiger partial charge in [-0.15, -0.1) is 0 Å². The van der Waals surface area contributed by atoms with Crippen molar-refractivity contribution in [1.82, 2.24) is 4.90 Å². The molecule has 1 N–H and O–H groups in total. The van der Waals surface area contributed by atoms with E-state index < -0.39 is 33.6 Å². The van der Waals surface area contributed by atoms with E-state index in [0.717, 1.165) is 6.07 Å². The fourth-order valence-electron chi connectivity index (χ4n) is 2.98. The third-order valence-electron chi connectivity index (χ3n) is 4.30. The second kappa shape index (κ2) is 8.39. The Balaban J connectivity index is 2.08. The van der Waals surface area contributed by atoms with Crippen LogP contribution in [0.3, 0.4) is 0 Å². The highest BCUT2D eigenvalue weighted by molar-refractivity contribution is 7.80. The molecule has 1 fully saturated rings.